The molecule has 0 unspecified atom stereocenters. The number of anilines is 1. The predicted octanol–water partition coefficient (Wildman–Crippen LogP) is 2.90. The predicted molar refractivity (Wildman–Crippen MR) is 89.6 cm³/mol. The number of methoxy groups -OCH3 is 1. The first-order valence-corrected chi connectivity index (χ1v) is 7.15. The minimum Gasteiger partial charge on any atom is -0.465 e. The van der Waals surface area contributed by atoms with Crippen LogP contribution in [0.2, 0.25) is 0 Å². The number of ether oxygens (including phenoxy) is 2. The molecule has 1 aromatic heterocycles. The molecule has 126 valence electrons. The van der Waals surface area contributed by atoms with Crippen molar-refractivity contribution in [1.82, 2.24) is 4.98 Å². The van der Waals surface area contributed by atoms with Crippen LogP contribution >= 0.6 is 0 Å². The van der Waals surface area contributed by atoms with Crippen molar-refractivity contribution in [2.24, 2.45) is 0 Å². The van der Waals surface area contributed by atoms with Gasteiger partial charge in [0, 0.05) is 24.0 Å². The average Bonchev–Trinajstić information content (AvgIpc) is 2.68. The van der Waals surface area contributed by atoms with Crippen molar-refractivity contribution in [3.05, 3.63) is 59.4 Å². The van der Waals surface area contributed by atoms with Crippen molar-refractivity contribution < 1.29 is 14.3 Å². The van der Waals surface area contributed by atoms with Crippen LogP contribution in [0.5, 0.6) is 11.6 Å². The second-order valence-electron chi connectivity index (χ2n) is 4.71. The summed E-state index contributed by atoms with van der Waals surface area (Å²) in [5.74, 6) is 0.0325. The number of aromatic nitrogens is 1. The zero-order valence-electron chi connectivity index (χ0n) is 13.6. The molecule has 0 fully saturated rings. The lowest BCUT2D eigenvalue weighted by Gasteiger charge is -2.09. The molecule has 0 aliphatic heterocycles. The Morgan fingerprint density at radius 1 is 1.12 bits per heavy atom. The minimum atomic E-state index is -0.517. The Morgan fingerprint density at radius 3 is 2.54 bits per heavy atom. The lowest BCUT2D eigenvalue weighted by Crippen LogP contribution is -2.02. The summed E-state index contributed by atoms with van der Waals surface area (Å²) < 4.78 is 10.2. The lowest BCUT2D eigenvalue weighted by atomic mass is 10.2. The normalized spacial score (nSPS) is 9.00. The van der Waals surface area contributed by atoms with E-state index in [1.54, 1.807) is 42.5 Å². The molecule has 1 aromatic carbocycles. The summed E-state index contributed by atoms with van der Waals surface area (Å²) in [4.78, 5) is 15.6. The first kappa shape index (κ1) is 18.0. The highest BCUT2D eigenvalue weighted by atomic mass is 16.5. The Labute approximate surface area is 149 Å². The van der Waals surface area contributed by atoms with Gasteiger partial charge in [0.15, 0.2) is 5.57 Å². The van der Waals surface area contributed by atoms with Crippen molar-refractivity contribution in [2.45, 2.75) is 0 Å². The van der Waals surface area contributed by atoms with Gasteiger partial charge in [-0.2, -0.15) is 15.8 Å². The fourth-order valence-electron chi connectivity index (χ4n) is 1.90. The van der Waals surface area contributed by atoms with E-state index in [0.717, 1.165) is 0 Å². The summed E-state index contributed by atoms with van der Waals surface area (Å²) in [5, 5.41) is 29.5. The van der Waals surface area contributed by atoms with Crippen LogP contribution in [0.15, 0.2) is 53.9 Å². The molecule has 0 amide bonds. The topological polar surface area (TPSA) is 132 Å². The summed E-state index contributed by atoms with van der Waals surface area (Å²) >= 11 is 0. The van der Waals surface area contributed by atoms with Gasteiger partial charge in [0.1, 0.15) is 29.7 Å². The Morgan fingerprint density at radius 2 is 1.88 bits per heavy atom. The van der Waals surface area contributed by atoms with Crippen LogP contribution in [0.1, 0.15) is 10.4 Å². The van der Waals surface area contributed by atoms with Gasteiger partial charge >= 0.3 is 5.97 Å². The molecule has 2 rings (SSSR count). The largest absolute Gasteiger partial charge is 0.465 e. The zero-order valence-corrected chi connectivity index (χ0v) is 13.6. The fourth-order valence-corrected chi connectivity index (χ4v) is 1.90. The minimum absolute atomic E-state index is 0.169. The number of hydrogen-bond donors (Lipinski definition) is 1. The van der Waals surface area contributed by atoms with Crippen LogP contribution in [-0.2, 0) is 4.74 Å². The monoisotopic (exact) mass is 345 g/mol. The van der Waals surface area contributed by atoms with Gasteiger partial charge in [-0.15, -0.1) is 0 Å². The SMILES string of the molecule is COC(=O)c1ccnc(Oc2cccc(NC(C#N)=C(C#N)C#N)c2)c1. The summed E-state index contributed by atoms with van der Waals surface area (Å²) in [5.41, 5.74) is 0.226. The molecular weight excluding hydrogens is 334 g/mol. The number of pyridine rings is 1. The van der Waals surface area contributed by atoms with Gasteiger partial charge in [0.25, 0.3) is 0 Å². The molecule has 0 aliphatic carbocycles. The number of nitriles is 3. The van der Waals surface area contributed by atoms with E-state index in [1.165, 1.54) is 25.4 Å². The average molecular weight is 345 g/mol. The highest BCUT2D eigenvalue weighted by Gasteiger charge is 2.09. The number of carbonyl (C=O) groups excluding carboxylic acids is 1. The molecule has 8 heteroatoms. The van der Waals surface area contributed by atoms with Gasteiger partial charge in [-0.25, -0.2) is 9.78 Å². The smallest absolute Gasteiger partial charge is 0.338 e. The van der Waals surface area contributed by atoms with Crippen LogP contribution in [0.25, 0.3) is 0 Å². The van der Waals surface area contributed by atoms with E-state index < -0.39 is 5.97 Å². The summed E-state index contributed by atoms with van der Waals surface area (Å²) in [6, 6.07) is 14.5. The number of esters is 1. The number of hydrogen-bond acceptors (Lipinski definition) is 8. The van der Waals surface area contributed by atoms with Crippen molar-refractivity contribution in [3.8, 4) is 29.8 Å². The maximum atomic E-state index is 11.5. The molecule has 26 heavy (non-hydrogen) atoms. The van der Waals surface area contributed by atoms with Crippen molar-refractivity contribution in [2.75, 3.05) is 12.4 Å². The number of benzene rings is 1. The number of carbonyl (C=O) groups is 1. The number of allylic oxidation sites excluding steroid dienone is 2. The molecule has 0 aliphatic rings. The second kappa shape index (κ2) is 8.49. The number of nitrogens with zero attached hydrogens (tertiary/aromatic N) is 4. The van der Waals surface area contributed by atoms with Crippen LogP contribution in [0.4, 0.5) is 5.69 Å². The third-order valence-corrected chi connectivity index (χ3v) is 3.07. The first-order valence-electron chi connectivity index (χ1n) is 7.15. The standard InChI is InChI=1S/C18H11N5O3/c1-25-18(24)12-5-6-22-17(7-12)26-15-4-2-3-14(8-15)23-16(11-21)13(9-19)10-20/h2-8,23H,1H3. The van der Waals surface area contributed by atoms with Gasteiger partial charge in [0.05, 0.1) is 12.7 Å². The molecule has 0 saturated carbocycles. The molecule has 8 nitrogen and oxygen atoms in total. The van der Waals surface area contributed by atoms with Crippen LogP contribution < -0.4 is 10.1 Å². The third-order valence-electron chi connectivity index (χ3n) is 3.07. The molecule has 1 N–H and O–H groups in total. The van der Waals surface area contributed by atoms with E-state index in [1.807, 2.05) is 0 Å². The van der Waals surface area contributed by atoms with Gasteiger partial charge in [-0.3, -0.25) is 0 Å². The van der Waals surface area contributed by atoms with E-state index in [4.69, 9.17) is 20.5 Å². The Hall–Kier alpha value is -4.35. The molecule has 0 spiro atoms. The Bertz CT molecular complexity index is 977. The molecule has 0 radical (unpaired) electrons. The number of rotatable bonds is 5. The van der Waals surface area contributed by atoms with E-state index >= 15 is 0 Å². The first-order chi connectivity index (χ1) is 12.6. The summed E-state index contributed by atoms with van der Waals surface area (Å²) in [6.45, 7) is 0. The molecule has 0 atom stereocenters. The van der Waals surface area contributed by atoms with E-state index in [2.05, 4.69) is 15.0 Å². The van der Waals surface area contributed by atoms with Crippen molar-refractivity contribution in [1.29, 1.82) is 15.8 Å². The van der Waals surface area contributed by atoms with Crippen LogP contribution in [0, 0.1) is 34.0 Å². The highest BCUT2D eigenvalue weighted by Crippen LogP contribution is 2.24. The van der Waals surface area contributed by atoms with E-state index in [0.29, 0.717) is 11.4 Å². The third kappa shape index (κ3) is 4.35. The van der Waals surface area contributed by atoms with E-state index in [9.17, 15) is 4.79 Å². The van der Waals surface area contributed by atoms with E-state index in [-0.39, 0.29) is 22.7 Å². The molecular formula is C18H11N5O3. The fraction of sp³-hybridized carbons (Fsp3) is 0.0556. The molecule has 0 bridgehead atoms. The highest BCUT2D eigenvalue weighted by molar-refractivity contribution is 5.89. The second-order valence-corrected chi connectivity index (χ2v) is 4.71. The van der Waals surface area contributed by atoms with Crippen LogP contribution in [0.3, 0.4) is 0 Å². The quantitative estimate of drug-likeness (QED) is 0.646. The van der Waals surface area contributed by atoms with Crippen molar-refractivity contribution >= 4 is 11.7 Å². The maximum Gasteiger partial charge on any atom is 0.338 e. The maximum absolute atomic E-state index is 11.5. The van der Waals surface area contributed by atoms with Gasteiger partial charge in [-0.05, 0) is 18.2 Å². The van der Waals surface area contributed by atoms with Crippen molar-refractivity contribution in [3.63, 3.8) is 0 Å². The zero-order chi connectivity index (χ0) is 18.9. The van der Waals surface area contributed by atoms with Gasteiger partial charge < -0.3 is 14.8 Å². The Kier molecular flexibility index (Phi) is 5.87. The number of nitrogens with one attached hydrogen (secondary N) is 1. The summed E-state index contributed by atoms with van der Waals surface area (Å²) in [7, 11) is 1.27. The molecule has 2 aromatic rings. The van der Waals surface area contributed by atoms with Crippen LogP contribution in [-0.4, -0.2) is 18.1 Å². The molecule has 1 heterocycles. The Balaban J connectivity index is 2.25. The lowest BCUT2D eigenvalue weighted by molar-refractivity contribution is 0.0600. The summed E-state index contributed by atoms with van der Waals surface area (Å²) in [6.07, 6.45) is 1.41. The van der Waals surface area contributed by atoms with Gasteiger partial charge in [-0.1, -0.05) is 6.07 Å². The molecule has 0 saturated heterocycles. The van der Waals surface area contributed by atoms with Gasteiger partial charge in [0.2, 0.25) is 5.88 Å².